The predicted molar refractivity (Wildman–Crippen MR) is 152 cm³/mol. The van der Waals surface area contributed by atoms with Crippen molar-refractivity contribution in [1.29, 1.82) is 0 Å². The van der Waals surface area contributed by atoms with Gasteiger partial charge in [0.05, 0.1) is 0 Å². The average Bonchev–Trinajstić information content (AvgIpc) is 2.93. The van der Waals surface area contributed by atoms with Gasteiger partial charge in [-0.1, -0.05) is 91.9 Å². The lowest BCUT2D eigenvalue weighted by Gasteiger charge is -2.45. The van der Waals surface area contributed by atoms with Crippen LogP contribution in [0.2, 0.25) is 0 Å². The number of hydrogen-bond donors (Lipinski definition) is 0. The Bertz CT molecular complexity index is 1680. The molecule has 182 valence electrons. The highest BCUT2D eigenvalue weighted by atomic mass is 19.1. The Hall–Kier alpha value is -3.71. The molecule has 0 aliphatic heterocycles. The summed E-state index contributed by atoms with van der Waals surface area (Å²) in [5, 5.41) is 1.66. The third kappa shape index (κ3) is 3.26. The lowest BCUT2D eigenvalue weighted by Crippen LogP contribution is -2.36. The van der Waals surface area contributed by atoms with Crippen LogP contribution in [0.4, 0.5) is 4.39 Å². The second-order valence-electron chi connectivity index (χ2n) is 11.0. The van der Waals surface area contributed by atoms with Crippen LogP contribution in [0.1, 0.15) is 64.6 Å². The molecule has 0 amide bonds. The molecule has 0 aromatic heterocycles. The van der Waals surface area contributed by atoms with Crippen LogP contribution < -0.4 is 0 Å². The van der Waals surface area contributed by atoms with Crippen molar-refractivity contribution in [2.45, 2.75) is 50.9 Å². The SMILES string of the molecule is Cc1ccccc1C1(c2cc(F)c3ccccc3c2)CCC(C)c2c1ccc1c2CCc2ccccc2-1. The van der Waals surface area contributed by atoms with E-state index in [0.717, 1.165) is 36.6 Å². The van der Waals surface area contributed by atoms with Crippen molar-refractivity contribution in [2.24, 2.45) is 0 Å². The normalized spacial score (nSPS) is 20.2. The van der Waals surface area contributed by atoms with Crippen molar-refractivity contribution in [1.82, 2.24) is 0 Å². The Labute approximate surface area is 218 Å². The summed E-state index contributed by atoms with van der Waals surface area (Å²) in [5.41, 5.74) is 11.8. The fraction of sp³-hybridized carbons (Fsp3) is 0.222. The first-order valence-electron chi connectivity index (χ1n) is 13.6. The van der Waals surface area contributed by atoms with Gasteiger partial charge >= 0.3 is 0 Å². The minimum Gasteiger partial charge on any atom is -0.206 e. The quantitative estimate of drug-likeness (QED) is 0.235. The third-order valence-corrected chi connectivity index (χ3v) is 9.12. The number of hydrogen-bond acceptors (Lipinski definition) is 0. The maximum atomic E-state index is 15.7. The molecule has 1 heteroatoms. The van der Waals surface area contributed by atoms with Crippen LogP contribution in [0, 0.1) is 12.7 Å². The number of aryl methyl sites for hydroxylation is 2. The van der Waals surface area contributed by atoms with Gasteiger partial charge in [0.1, 0.15) is 5.82 Å². The van der Waals surface area contributed by atoms with E-state index < -0.39 is 0 Å². The summed E-state index contributed by atoms with van der Waals surface area (Å²) in [5.74, 6) is 0.339. The Morgan fingerprint density at radius 3 is 2.43 bits per heavy atom. The van der Waals surface area contributed by atoms with E-state index >= 15 is 4.39 Å². The number of halogens is 1. The number of benzene rings is 5. The zero-order valence-electron chi connectivity index (χ0n) is 21.5. The van der Waals surface area contributed by atoms with Crippen molar-refractivity contribution in [3.63, 3.8) is 0 Å². The van der Waals surface area contributed by atoms with Crippen LogP contribution in [0.3, 0.4) is 0 Å². The topological polar surface area (TPSA) is 0 Å². The van der Waals surface area contributed by atoms with Crippen molar-refractivity contribution in [2.75, 3.05) is 0 Å². The molecule has 0 fully saturated rings. The number of rotatable bonds is 2. The van der Waals surface area contributed by atoms with Gasteiger partial charge in [-0.25, -0.2) is 4.39 Å². The fourth-order valence-corrected chi connectivity index (χ4v) is 7.39. The van der Waals surface area contributed by atoms with Crippen LogP contribution in [-0.4, -0.2) is 0 Å². The highest BCUT2D eigenvalue weighted by Gasteiger charge is 2.44. The lowest BCUT2D eigenvalue weighted by atomic mass is 9.58. The van der Waals surface area contributed by atoms with Crippen LogP contribution >= 0.6 is 0 Å². The second-order valence-corrected chi connectivity index (χ2v) is 11.0. The van der Waals surface area contributed by atoms with Crippen molar-refractivity contribution >= 4 is 10.8 Å². The van der Waals surface area contributed by atoms with Gasteiger partial charge in [-0.05, 0) is 106 Å². The highest BCUT2D eigenvalue weighted by Crippen LogP contribution is 2.54. The molecule has 0 bridgehead atoms. The van der Waals surface area contributed by atoms with Crippen LogP contribution in [0.15, 0.2) is 97.1 Å². The Morgan fingerprint density at radius 2 is 1.54 bits per heavy atom. The summed E-state index contributed by atoms with van der Waals surface area (Å²) in [6, 6.07) is 34.3. The van der Waals surface area contributed by atoms with E-state index in [-0.39, 0.29) is 11.2 Å². The molecule has 5 aromatic carbocycles. The summed E-state index contributed by atoms with van der Waals surface area (Å²) < 4.78 is 15.7. The van der Waals surface area contributed by atoms with Crippen molar-refractivity contribution < 1.29 is 4.39 Å². The van der Waals surface area contributed by atoms with Crippen LogP contribution in [-0.2, 0) is 18.3 Å². The fourth-order valence-electron chi connectivity index (χ4n) is 7.39. The molecule has 0 saturated heterocycles. The van der Waals surface area contributed by atoms with Crippen molar-refractivity contribution in [3.8, 4) is 11.1 Å². The zero-order valence-corrected chi connectivity index (χ0v) is 21.5. The summed E-state index contributed by atoms with van der Waals surface area (Å²) in [6.07, 6.45) is 4.19. The Balaban J connectivity index is 1.57. The largest absolute Gasteiger partial charge is 0.206 e. The Kier molecular flexibility index (Phi) is 5.11. The average molecular weight is 483 g/mol. The summed E-state index contributed by atoms with van der Waals surface area (Å²) in [4.78, 5) is 0. The molecule has 2 unspecified atom stereocenters. The third-order valence-electron chi connectivity index (χ3n) is 9.12. The first kappa shape index (κ1) is 22.5. The second kappa shape index (κ2) is 8.42. The molecule has 0 spiro atoms. The molecule has 7 rings (SSSR count). The highest BCUT2D eigenvalue weighted by molar-refractivity contribution is 5.85. The standard InChI is InChI=1S/C36H31F/c1-23-9-3-8-14-32(23)36(27-21-26-11-5-7-13-29(26)34(37)22-27)20-19-24(2)35-31-16-15-25-10-4-6-12-28(25)30(31)17-18-33(35)36/h3-14,17-18,21-22,24H,15-16,19-20H2,1-2H3. The zero-order chi connectivity index (χ0) is 25.1. The minimum atomic E-state index is -0.385. The molecule has 0 radical (unpaired) electrons. The lowest BCUT2D eigenvalue weighted by molar-refractivity contribution is 0.451. The molecule has 0 heterocycles. The van der Waals surface area contributed by atoms with E-state index in [0.29, 0.717) is 11.3 Å². The smallest absolute Gasteiger partial charge is 0.131 e. The van der Waals surface area contributed by atoms with E-state index in [1.54, 1.807) is 0 Å². The van der Waals surface area contributed by atoms with Gasteiger partial charge < -0.3 is 0 Å². The molecular weight excluding hydrogens is 451 g/mol. The van der Waals surface area contributed by atoms with E-state index in [1.807, 2.05) is 30.3 Å². The maximum absolute atomic E-state index is 15.7. The van der Waals surface area contributed by atoms with E-state index in [2.05, 4.69) is 80.6 Å². The minimum absolute atomic E-state index is 0.131. The summed E-state index contributed by atoms with van der Waals surface area (Å²) >= 11 is 0. The molecule has 2 atom stereocenters. The first-order chi connectivity index (χ1) is 18.1. The maximum Gasteiger partial charge on any atom is 0.131 e. The molecule has 2 aliphatic carbocycles. The molecule has 37 heavy (non-hydrogen) atoms. The van der Waals surface area contributed by atoms with Gasteiger partial charge in [0.2, 0.25) is 0 Å². The van der Waals surface area contributed by atoms with E-state index in [9.17, 15) is 0 Å². The first-order valence-corrected chi connectivity index (χ1v) is 13.6. The molecule has 5 aromatic rings. The van der Waals surface area contributed by atoms with E-state index in [4.69, 9.17) is 0 Å². The van der Waals surface area contributed by atoms with E-state index in [1.165, 1.54) is 44.5 Å². The molecular formula is C36H31F. The number of fused-ring (bicyclic) bond motifs is 6. The molecule has 2 aliphatic rings. The molecule has 0 saturated carbocycles. The van der Waals surface area contributed by atoms with Gasteiger partial charge in [0.25, 0.3) is 0 Å². The van der Waals surface area contributed by atoms with Gasteiger partial charge in [-0.3, -0.25) is 0 Å². The molecule has 0 N–H and O–H groups in total. The van der Waals surface area contributed by atoms with Crippen molar-refractivity contribution in [3.05, 3.63) is 142 Å². The van der Waals surface area contributed by atoms with Gasteiger partial charge in [-0.15, -0.1) is 0 Å². The Morgan fingerprint density at radius 1 is 0.757 bits per heavy atom. The van der Waals surface area contributed by atoms with Crippen LogP contribution in [0.25, 0.3) is 21.9 Å². The predicted octanol–water partition coefficient (Wildman–Crippen LogP) is 9.28. The monoisotopic (exact) mass is 482 g/mol. The van der Waals surface area contributed by atoms with Crippen LogP contribution in [0.5, 0.6) is 0 Å². The van der Waals surface area contributed by atoms with Gasteiger partial charge in [0, 0.05) is 10.8 Å². The van der Waals surface area contributed by atoms with Gasteiger partial charge in [0.15, 0.2) is 0 Å². The summed E-state index contributed by atoms with van der Waals surface area (Å²) in [6.45, 7) is 4.60. The van der Waals surface area contributed by atoms with Gasteiger partial charge in [-0.2, -0.15) is 0 Å². The molecule has 0 nitrogen and oxygen atoms in total. The summed E-state index contributed by atoms with van der Waals surface area (Å²) in [7, 11) is 0.